The number of fused-ring (bicyclic) bond motifs is 3. The molecule has 6 heterocycles. The molecule has 3 unspecified atom stereocenters. The van der Waals surface area contributed by atoms with E-state index in [1.165, 1.54) is 6.92 Å². The molecule has 2 N–H and O–H groups in total. The lowest BCUT2D eigenvalue weighted by Gasteiger charge is -2.34. The van der Waals surface area contributed by atoms with E-state index in [0.717, 1.165) is 24.6 Å². The summed E-state index contributed by atoms with van der Waals surface area (Å²) in [6.07, 6.45) is -3.05. The standard InChI is InChI=1S/C40H42F6N8O3S/c1-3-54(24-9-14-52(19-24)37(56)22-7-12-51(13-8-22)21(2)55)36-26-15-28(40(44,45)46)31(25-5-6-29(42)34-30(25)27(17-47)35(48)58-34)32(43)33(26)49-38(50-36)57-20-39-10-4-11-53(39)18-23(41)16-39/h5-6,15,22-24H,3-4,7-14,16,18-20,48H2,1-2H3. The molecular formula is C40H42F6N8O3S. The number of hydrogen-bond donors (Lipinski definition) is 1. The molecule has 0 radical (unpaired) electrons. The van der Waals surface area contributed by atoms with Crippen LogP contribution in [0.2, 0.25) is 0 Å². The minimum Gasteiger partial charge on any atom is -0.461 e. The van der Waals surface area contributed by atoms with Crippen LogP contribution in [0.1, 0.15) is 63.5 Å². The van der Waals surface area contributed by atoms with E-state index in [1.54, 1.807) is 21.6 Å². The molecule has 0 bridgehead atoms. The first-order chi connectivity index (χ1) is 27.6. The van der Waals surface area contributed by atoms with Gasteiger partial charge >= 0.3 is 12.2 Å². The Kier molecular flexibility index (Phi) is 10.4. The number of aromatic nitrogens is 2. The molecular weight excluding hydrogens is 787 g/mol. The lowest BCUT2D eigenvalue weighted by atomic mass is 9.92. The topological polar surface area (TPSA) is 132 Å². The number of rotatable bonds is 8. The monoisotopic (exact) mass is 828 g/mol. The van der Waals surface area contributed by atoms with Gasteiger partial charge < -0.3 is 25.2 Å². The van der Waals surface area contributed by atoms with Crippen molar-refractivity contribution in [1.82, 2.24) is 24.7 Å². The third-order valence-corrected chi connectivity index (χ3v) is 13.5. The van der Waals surface area contributed by atoms with Gasteiger partial charge in [-0.05, 0) is 63.3 Å². The Bertz CT molecular complexity index is 2340. The Labute approximate surface area is 334 Å². The van der Waals surface area contributed by atoms with Crippen molar-refractivity contribution < 1.29 is 40.7 Å². The highest BCUT2D eigenvalue weighted by Gasteiger charge is 2.49. The summed E-state index contributed by atoms with van der Waals surface area (Å²) in [5, 5.41) is 9.27. The largest absolute Gasteiger partial charge is 0.461 e. The molecule has 58 heavy (non-hydrogen) atoms. The number of hydrogen-bond acceptors (Lipinski definition) is 10. The molecule has 2 amide bonds. The third-order valence-electron chi connectivity index (χ3n) is 12.4. The number of benzene rings is 2. The Morgan fingerprint density at radius 2 is 1.84 bits per heavy atom. The molecule has 18 heteroatoms. The fourth-order valence-corrected chi connectivity index (χ4v) is 10.5. The Hall–Kier alpha value is -4.89. The van der Waals surface area contributed by atoms with Crippen molar-refractivity contribution in [3.05, 3.63) is 41.0 Å². The molecule has 4 aliphatic heterocycles. The van der Waals surface area contributed by atoms with Crippen molar-refractivity contribution in [2.75, 3.05) is 63.1 Å². The maximum absolute atomic E-state index is 17.4. The first-order valence-electron chi connectivity index (χ1n) is 19.5. The van der Waals surface area contributed by atoms with Gasteiger partial charge in [0.15, 0.2) is 5.82 Å². The van der Waals surface area contributed by atoms with Gasteiger partial charge in [0.2, 0.25) is 11.8 Å². The number of amides is 2. The van der Waals surface area contributed by atoms with Gasteiger partial charge in [0, 0.05) is 80.9 Å². The van der Waals surface area contributed by atoms with Crippen LogP contribution in [0.25, 0.3) is 32.1 Å². The second-order valence-electron chi connectivity index (χ2n) is 15.7. The van der Waals surface area contributed by atoms with Crippen LogP contribution in [0.4, 0.5) is 37.2 Å². The summed E-state index contributed by atoms with van der Waals surface area (Å²) < 4.78 is 98.8. The number of anilines is 2. The van der Waals surface area contributed by atoms with E-state index in [1.807, 2.05) is 11.0 Å². The van der Waals surface area contributed by atoms with Gasteiger partial charge in [0.1, 0.15) is 41.0 Å². The van der Waals surface area contributed by atoms with E-state index in [9.17, 15) is 19.2 Å². The van der Waals surface area contributed by atoms with E-state index >= 15 is 22.0 Å². The summed E-state index contributed by atoms with van der Waals surface area (Å²) in [6, 6.07) is 3.76. The van der Waals surface area contributed by atoms with E-state index < -0.39 is 52.2 Å². The van der Waals surface area contributed by atoms with Gasteiger partial charge in [-0.2, -0.15) is 28.4 Å². The lowest BCUT2D eigenvalue weighted by molar-refractivity contribution is -0.139. The average Bonchev–Trinajstić information content (AvgIpc) is 3.97. The summed E-state index contributed by atoms with van der Waals surface area (Å²) in [6.45, 7) is 5.91. The number of nitrogen functional groups attached to an aromatic ring is 1. The van der Waals surface area contributed by atoms with Crippen molar-refractivity contribution in [1.29, 1.82) is 5.26 Å². The molecule has 8 rings (SSSR count). The number of piperidine rings is 1. The van der Waals surface area contributed by atoms with Crippen molar-refractivity contribution >= 4 is 55.0 Å². The lowest BCUT2D eigenvalue weighted by Crippen LogP contribution is -2.45. The fraction of sp³-hybridized carbons (Fsp3) is 0.525. The Morgan fingerprint density at radius 3 is 2.53 bits per heavy atom. The van der Waals surface area contributed by atoms with Gasteiger partial charge in [-0.1, -0.05) is 6.07 Å². The zero-order chi connectivity index (χ0) is 41.3. The number of likely N-dealkylation sites (tertiary alicyclic amines) is 2. The zero-order valence-corrected chi connectivity index (χ0v) is 32.8. The van der Waals surface area contributed by atoms with Gasteiger partial charge in [-0.15, -0.1) is 11.3 Å². The zero-order valence-electron chi connectivity index (χ0n) is 32.0. The van der Waals surface area contributed by atoms with Crippen LogP contribution < -0.4 is 15.4 Å². The maximum atomic E-state index is 17.4. The number of thiophene rings is 1. The van der Waals surface area contributed by atoms with Gasteiger partial charge in [0.05, 0.1) is 21.4 Å². The number of alkyl halides is 4. The molecule has 11 nitrogen and oxygen atoms in total. The molecule has 0 spiro atoms. The van der Waals surface area contributed by atoms with Gasteiger partial charge in [-0.25, -0.2) is 13.2 Å². The first kappa shape index (κ1) is 39.9. The molecule has 4 saturated heterocycles. The smallest absolute Gasteiger partial charge is 0.417 e. The minimum absolute atomic E-state index is 0.0357. The summed E-state index contributed by atoms with van der Waals surface area (Å²) in [5.74, 6) is -2.65. The Balaban J connectivity index is 1.24. The predicted molar refractivity (Wildman–Crippen MR) is 206 cm³/mol. The number of halogens is 6. The van der Waals surface area contributed by atoms with E-state index in [4.69, 9.17) is 10.5 Å². The normalized spacial score (nSPS) is 22.9. The molecule has 2 aromatic heterocycles. The van der Waals surface area contributed by atoms with Crippen LogP contribution in [-0.2, 0) is 15.8 Å². The molecule has 4 fully saturated rings. The van der Waals surface area contributed by atoms with Crippen LogP contribution in [0, 0.1) is 28.9 Å². The number of likely N-dealkylation sites (N-methyl/N-ethyl adjacent to an activating group) is 1. The highest BCUT2D eigenvalue weighted by atomic mass is 32.1. The highest BCUT2D eigenvalue weighted by Crippen LogP contribution is 2.48. The molecule has 0 saturated carbocycles. The van der Waals surface area contributed by atoms with Crippen molar-refractivity contribution in [2.45, 2.75) is 76.3 Å². The molecule has 4 aromatic rings. The van der Waals surface area contributed by atoms with Crippen LogP contribution in [0.3, 0.4) is 0 Å². The predicted octanol–water partition coefficient (Wildman–Crippen LogP) is 6.90. The summed E-state index contributed by atoms with van der Waals surface area (Å²) in [4.78, 5) is 41.8. The van der Waals surface area contributed by atoms with Crippen molar-refractivity contribution in [3.63, 3.8) is 0 Å². The molecule has 0 aliphatic carbocycles. The second-order valence-corrected chi connectivity index (χ2v) is 16.8. The SMILES string of the molecule is CCN(c1nc(OCC23CCCN2CC(F)C3)nc2c(F)c(-c3ccc(F)c4sc(N)c(C#N)c34)c(C(F)(F)F)cc12)C1CCN(C(=O)C2CCN(C(C)=O)CC2)C1. The molecule has 4 aliphatic rings. The average molecular weight is 829 g/mol. The number of nitriles is 1. The molecule has 308 valence electrons. The number of carbonyl (C=O) groups excluding carboxylic acids is 2. The van der Waals surface area contributed by atoms with Gasteiger partial charge in [0.25, 0.3) is 0 Å². The number of nitrogens with zero attached hydrogens (tertiary/aromatic N) is 7. The highest BCUT2D eigenvalue weighted by molar-refractivity contribution is 7.23. The summed E-state index contributed by atoms with van der Waals surface area (Å²) in [7, 11) is 0. The second kappa shape index (κ2) is 15.0. The van der Waals surface area contributed by atoms with Crippen LogP contribution in [-0.4, -0.2) is 107 Å². The minimum atomic E-state index is -5.14. The van der Waals surface area contributed by atoms with E-state index in [0.29, 0.717) is 63.2 Å². The first-order valence-corrected chi connectivity index (χ1v) is 20.3. The third kappa shape index (κ3) is 6.83. The van der Waals surface area contributed by atoms with E-state index in [-0.39, 0.29) is 93.8 Å². The number of nitrogens with two attached hydrogens (primary N) is 1. The number of ether oxygens (including phenoxy) is 1. The van der Waals surface area contributed by atoms with Crippen molar-refractivity contribution in [2.24, 2.45) is 5.92 Å². The Morgan fingerprint density at radius 1 is 1.10 bits per heavy atom. The van der Waals surface area contributed by atoms with Gasteiger partial charge in [-0.3, -0.25) is 14.5 Å². The number of carbonyl (C=O) groups is 2. The molecule has 3 atom stereocenters. The maximum Gasteiger partial charge on any atom is 0.417 e. The van der Waals surface area contributed by atoms with E-state index in [2.05, 4.69) is 9.97 Å². The molecule has 2 aromatic carbocycles. The van der Waals surface area contributed by atoms with Crippen LogP contribution in [0.5, 0.6) is 6.01 Å². The summed E-state index contributed by atoms with van der Waals surface area (Å²) in [5.41, 5.74) is 1.85. The summed E-state index contributed by atoms with van der Waals surface area (Å²) >= 11 is 0.675. The quantitative estimate of drug-likeness (QED) is 0.189. The fourth-order valence-electron chi connectivity index (χ4n) is 9.59. The van der Waals surface area contributed by atoms with Crippen LogP contribution >= 0.6 is 11.3 Å². The van der Waals surface area contributed by atoms with Crippen molar-refractivity contribution in [3.8, 4) is 23.2 Å². The van der Waals surface area contributed by atoms with Crippen LogP contribution in [0.15, 0.2) is 18.2 Å².